The number of carbonyl (C=O) groups is 1. The Hall–Kier alpha value is 0.320. The maximum absolute atomic E-state index is 12.1. The van der Waals surface area contributed by atoms with Gasteiger partial charge in [0, 0.05) is 25.8 Å². The molecule has 8 nitrogen and oxygen atoms in total. The molecular weight excluding hydrogens is 480 g/mol. The molecule has 0 bridgehead atoms. The molecule has 0 aliphatic heterocycles. The topological polar surface area (TPSA) is 84.5 Å². The minimum atomic E-state index is -2.13. The van der Waals surface area contributed by atoms with Gasteiger partial charge in [-0.2, -0.15) is 0 Å². The third-order valence-electron chi connectivity index (χ3n) is 3.28. The predicted octanol–water partition coefficient (Wildman–Crippen LogP) is 2.10. The first-order chi connectivity index (χ1) is 12.3. The van der Waals surface area contributed by atoms with Crippen molar-refractivity contribution in [1.82, 2.24) is 5.32 Å². The van der Waals surface area contributed by atoms with Crippen molar-refractivity contribution in [3.63, 3.8) is 0 Å². The number of amides is 1. The highest BCUT2D eigenvalue weighted by molar-refractivity contribution is 9.11. The summed E-state index contributed by atoms with van der Waals surface area (Å²) in [4.78, 5) is 12.1. The maximum Gasteiger partial charge on any atom is 0.272 e. The number of rotatable bonds is 10. The van der Waals surface area contributed by atoms with Gasteiger partial charge in [-0.3, -0.25) is 4.79 Å². The standard InChI is InChI=1S/C14H21BrCl3NO7/c1-21-5-24-9-4-8(15)10(19-13(20)14(16,17)18)12(26-7-23-3)11(9)25-6-22-2/h4,9-12H,5-7H2,1-3H3,(H,19,20)/t9-,10+,11+,12-/m1/s1. The van der Waals surface area contributed by atoms with Gasteiger partial charge in [0.05, 0.1) is 6.04 Å². The monoisotopic (exact) mass is 499 g/mol. The van der Waals surface area contributed by atoms with Gasteiger partial charge in [0.15, 0.2) is 0 Å². The van der Waals surface area contributed by atoms with Crippen LogP contribution in [0.25, 0.3) is 0 Å². The average molecular weight is 502 g/mol. The fourth-order valence-corrected chi connectivity index (χ4v) is 3.03. The summed E-state index contributed by atoms with van der Waals surface area (Å²) >= 11 is 20.3. The normalized spacial score (nSPS) is 26.5. The van der Waals surface area contributed by atoms with Gasteiger partial charge in [0.25, 0.3) is 9.70 Å². The molecule has 0 aromatic carbocycles. The smallest absolute Gasteiger partial charge is 0.272 e. The van der Waals surface area contributed by atoms with E-state index in [4.69, 9.17) is 63.2 Å². The first-order valence-electron chi connectivity index (χ1n) is 7.32. The van der Waals surface area contributed by atoms with E-state index < -0.39 is 34.1 Å². The molecule has 1 amide bonds. The zero-order valence-electron chi connectivity index (χ0n) is 14.4. The molecular formula is C14H21BrCl3NO7. The highest BCUT2D eigenvalue weighted by Gasteiger charge is 2.45. The number of hydrogen-bond donors (Lipinski definition) is 1. The quantitative estimate of drug-likeness (QED) is 0.363. The molecule has 0 unspecified atom stereocenters. The van der Waals surface area contributed by atoms with Gasteiger partial charge in [0.1, 0.15) is 38.7 Å². The molecule has 0 radical (unpaired) electrons. The molecule has 0 fully saturated rings. The molecule has 4 atom stereocenters. The summed E-state index contributed by atoms with van der Waals surface area (Å²) < 4.78 is 30.3. The fourth-order valence-electron chi connectivity index (χ4n) is 2.23. The van der Waals surface area contributed by atoms with Crippen LogP contribution in [0, 0.1) is 0 Å². The maximum atomic E-state index is 12.1. The van der Waals surface area contributed by atoms with E-state index in [0.29, 0.717) is 4.48 Å². The summed E-state index contributed by atoms with van der Waals surface area (Å²) in [6.45, 7) is -0.0632. The van der Waals surface area contributed by atoms with Gasteiger partial charge in [-0.05, 0) is 6.08 Å². The molecule has 152 valence electrons. The SMILES string of the molecule is COCO[C@@H]1[C@H](OCOC)[C@@H](NC(=O)C(Cl)(Cl)Cl)C(Br)=C[C@H]1OCOC. The van der Waals surface area contributed by atoms with Crippen LogP contribution in [0.3, 0.4) is 0 Å². The Labute approximate surface area is 175 Å². The second kappa shape index (κ2) is 12.0. The van der Waals surface area contributed by atoms with Crippen molar-refractivity contribution in [2.24, 2.45) is 0 Å². The van der Waals surface area contributed by atoms with Crippen LogP contribution < -0.4 is 5.32 Å². The lowest BCUT2D eigenvalue weighted by atomic mass is 9.93. The minimum absolute atomic E-state index is 0.0243. The Kier molecular flexibility index (Phi) is 11.2. The molecule has 12 heteroatoms. The summed E-state index contributed by atoms with van der Waals surface area (Å²) in [6.07, 6.45) is -0.248. The van der Waals surface area contributed by atoms with E-state index in [9.17, 15) is 4.79 Å². The van der Waals surface area contributed by atoms with E-state index in [1.54, 1.807) is 6.08 Å². The molecule has 0 spiro atoms. The first-order valence-corrected chi connectivity index (χ1v) is 9.25. The lowest BCUT2D eigenvalue weighted by Gasteiger charge is -2.40. The molecule has 1 aliphatic carbocycles. The van der Waals surface area contributed by atoms with Crippen LogP contribution in [0.5, 0.6) is 0 Å². The number of ether oxygens (including phenoxy) is 6. The van der Waals surface area contributed by atoms with E-state index in [0.717, 1.165) is 0 Å². The van der Waals surface area contributed by atoms with E-state index in [-0.39, 0.29) is 20.4 Å². The van der Waals surface area contributed by atoms with Crippen molar-refractivity contribution in [1.29, 1.82) is 0 Å². The van der Waals surface area contributed by atoms with Gasteiger partial charge >= 0.3 is 0 Å². The summed E-state index contributed by atoms with van der Waals surface area (Å²) in [5.41, 5.74) is 0. The van der Waals surface area contributed by atoms with Crippen molar-refractivity contribution < 1.29 is 33.2 Å². The van der Waals surface area contributed by atoms with Gasteiger partial charge in [-0.15, -0.1) is 0 Å². The van der Waals surface area contributed by atoms with E-state index >= 15 is 0 Å². The lowest BCUT2D eigenvalue weighted by Crippen LogP contribution is -2.59. The molecule has 0 saturated carbocycles. The minimum Gasteiger partial charge on any atom is -0.359 e. The van der Waals surface area contributed by atoms with Crippen LogP contribution in [-0.2, 0) is 33.2 Å². The van der Waals surface area contributed by atoms with Crippen molar-refractivity contribution in [3.05, 3.63) is 10.6 Å². The third kappa shape index (κ3) is 7.38. The van der Waals surface area contributed by atoms with Gasteiger partial charge in [0.2, 0.25) is 0 Å². The van der Waals surface area contributed by atoms with E-state index in [1.165, 1.54) is 21.3 Å². The summed E-state index contributed by atoms with van der Waals surface area (Å²) in [5, 5.41) is 2.61. The zero-order valence-corrected chi connectivity index (χ0v) is 18.2. The Balaban J connectivity index is 3.11. The highest BCUT2D eigenvalue weighted by atomic mass is 79.9. The number of nitrogens with one attached hydrogen (secondary N) is 1. The lowest BCUT2D eigenvalue weighted by molar-refractivity contribution is -0.205. The Morgan fingerprint density at radius 2 is 1.54 bits per heavy atom. The molecule has 0 heterocycles. The summed E-state index contributed by atoms with van der Waals surface area (Å²) in [5.74, 6) is -0.814. The number of hydrogen-bond acceptors (Lipinski definition) is 7. The van der Waals surface area contributed by atoms with E-state index in [1.807, 2.05) is 0 Å². The van der Waals surface area contributed by atoms with Crippen LogP contribution in [-0.4, -0.2) is 75.8 Å². The number of halogens is 4. The summed E-state index contributed by atoms with van der Waals surface area (Å²) in [7, 11) is 4.44. The van der Waals surface area contributed by atoms with Gasteiger partial charge in [-0.25, -0.2) is 0 Å². The van der Waals surface area contributed by atoms with Gasteiger partial charge in [-0.1, -0.05) is 50.7 Å². The molecule has 26 heavy (non-hydrogen) atoms. The summed E-state index contributed by atoms with van der Waals surface area (Å²) in [6, 6.07) is -0.711. The second-order valence-corrected chi connectivity index (χ2v) is 8.31. The molecule has 0 aromatic rings. The van der Waals surface area contributed by atoms with Crippen LogP contribution in [0.1, 0.15) is 0 Å². The Bertz CT molecular complexity index is 478. The van der Waals surface area contributed by atoms with Crippen molar-refractivity contribution >= 4 is 56.6 Å². The molecule has 0 saturated heterocycles. The van der Waals surface area contributed by atoms with Crippen LogP contribution >= 0.6 is 50.7 Å². The number of methoxy groups -OCH3 is 3. The average Bonchev–Trinajstić information content (AvgIpc) is 2.58. The third-order valence-corrected chi connectivity index (χ3v) is 4.55. The van der Waals surface area contributed by atoms with Crippen molar-refractivity contribution in [3.8, 4) is 0 Å². The van der Waals surface area contributed by atoms with Crippen LogP contribution in [0.15, 0.2) is 10.6 Å². The second-order valence-electron chi connectivity index (χ2n) is 5.11. The molecule has 1 N–H and O–H groups in total. The van der Waals surface area contributed by atoms with Crippen molar-refractivity contribution in [2.75, 3.05) is 41.7 Å². The van der Waals surface area contributed by atoms with Crippen molar-refractivity contribution in [2.45, 2.75) is 28.1 Å². The molecule has 1 rings (SSSR count). The molecule has 1 aliphatic rings. The Morgan fingerprint density at radius 1 is 1.04 bits per heavy atom. The van der Waals surface area contributed by atoms with E-state index in [2.05, 4.69) is 21.2 Å². The first kappa shape index (κ1) is 24.4. The number of carbonyl (C=O) groups excluding carboxylic acids is 1. The highest BCUT2D eigenvalue weighted by Crippen LogP contribution is 2.32. The predicted molar refractivity (Wildman–Crippen MR) is 99.5 cm³/mol. The number of alkyl halides is 3. The molecule has 0 aromatic heterocycles. The fraction of sp³-hybridized carbons (Fsp3) is 0.786. The van der Waals surface area contributed by atoms with Crippen LogP contribution in [0.4, 0.5) is 0 Å². The Morgan fingerprint density at radius 3 is 2.04 bits per heavy atom. The van der Waals surface area contributed by atoms with Gasteiger partial charge < -0.3 is 33.7 Å². The largest absolute Gasteiger partial charge is 0.359 e. The zero-order chi connectivity index (χ0) is 19.7. The van der Waals surface area contributed by atoms with Crippen LogP contribution in [0.2, 0.25) is 0 Å².